The van der Waals surface area contributed by atoms with Crippen molar-refractivity contribution < 1.29 is 0 Å². The number of nitrogens with one attached hydrogen (secondary N) is 1. The molecule has 1 atom stereocenters. The molecule has 0 aliphatic carbocycles. The topological polar surface area (TPSA) is 50.9 Å². The van der Waals surface area contributed by atoms with E-state index in [1.807, 2.05) is 18.2 Å². The van der Waals surface area contributed by atoms with Crippen LogP contribution in [0.3, 0.4) is 0 Å². The van der Waals surface area contributed by atoms with Crippen molar-refractivity contribution in [1.29, 1.82) is 0 Å². The van der Waals surface area contributed by atoms with Crippen LogP contribution in [0.25, 0.3) is 0 Å². The molecule has 1 unspecified atom stereocenters. The summed E-state index contributed by atoms with van der Waals surface area (Å²) in [7, 11) is 0. The standard InChI is InChI=1S/C16H21N3/c1-16(2,3)13-9-7-12(8-10-13)15(19-17)14-6-4-5-11-18-14/h4-11,15,19H,17H2,1-3H3. The summed E-state index contributed by atoms with van der Waals surface area (Å²) < 4.78 is 0. The van der Waals surface area contributed by atoms with Crippen molar-refractivity contribution in [3.63, 3.8) is 0 Å². The molecular formula is C16H21N3. The zero-order valence-corrected chi connectivity index (χ0v) is 11.7. The van der Waals surface area contributed by atoms with Gasteiger partial charge in [-0.25, -0.2) is 5.43 Å². The molecule has 0 saturated carbocycles. The molecule has 0 saturated heterocycles. The zero-order chi connectivity index (χ0) is 13.9. The van der Waals surface area contributed by atoms with Crippen LogP contribution in [0, 0.1) is 0 Å². The summed E-state index contributed by atoms with van der Waals surface area (Å²) in [4.78, 5) is 4.35. The molecule has 0 bridgehead atoms. The van der Waals surface area contributed by atoms with Crippen molar-refractivity contribution in [3.8, 4) is 0 Å². The summed E-state index contributed by atoms with van der Waals surface area (Å²) in [5.41, 5.74) is 6.35. The molecule has 2 rings (SSSR count). The van der Waals surface area contributed by atoms with Gasteiger partial charge in [0.05, 0.1) is 11.7 Å². The number of rotatable bonds is 3. The molecule has 0 amide bonds. The maximum atomic E-state index is 5.67. The van der Waals surface area contributed by atoms with Crippen LogP contribution in [-0.4, -0.2) is 4.98 Å². The van der Waals surface area contributed by atoms with Crippen molar-refractivity contribution in [2.75, 3.05) is 0 Å². The summed E-state index contributed by atoms with van der Waals surface area (Å²) in [5.74, 6) is 5.67. The second kappa shape index (κ2) is 5.51. The molecule has 1 aromatic heterocycles. The Kier molecular flexibility index (Phi) is 3.98. The maximum absolute atomic E-state index is 5.67. The van der Waals surface area contributed by atoms with Gasteiger partial charge in [0, 0.05) is 6.20 Å². The van der Waals surface area contributed by atoms with Gasteiger partial charge in [-0.15, -0.1) is 0 Å². The highest BCUT2D eigenvalue weighted by Gasteiger charge is 2.16. The number of nitrogens with two attached hydrogens (primary N) is 1. The van der Waals surface area contributed by atoms with E-state index in [1.165, 1.54) is 5.56 Å². The Morgan fingerprint density at radius 2 is 1.74 bits per heavy atom. The average molecular weight is 255 g/mol. The summed E-state index contributed by atoms with van der Waals surface area (Å²) in [6.07, 6.45) is 1.78. The summed E-state index contributed by atoms with van der Waals surface area (Å²) in [6.45, 7) is 6.62. The number of hydrogen-bond acceptors (Lipinski definition) is 3. The van der Waals surface area contributed by atoms with E-state index in [4.69, 9.17) is 5.84 Å². The van der Waals surface area contributed by atoms with Gasteiger partial charge in [-0.1, -0.05) is 51.1 Å². The first-order valence-electron chi connectivity index (χ1n) is 6.50. The van der Waals surface area contributed by atoms with Gasteiger partial charge < -0.3 is 0 Å². The van der Waals surface area contributed by atoms with E-state index in [-0.39, 0.29) is 11.5 Å². The molecule has 3 nitrogen and oxygen atoms in total. The number of benzene rings is 1. The van der Waals surface area contributed by atoms with E-state index in [1.54, 1.807) is 6.20 Å². The monoisotopic (exact) mass is 255 g/mol. The first-order valence-corrected chi connectivity index (χ1v) is 6.50. The molecule has 0 radical (unpaired) electrons. The Morgan fingerprint density at radius 3 is 2.21 bits per heavy atom. The van der Waals surface area contributed by atoms with Crippen molar-refractivity contribution in [2.45, 2.75) is 32.2 Å². The fourth-order valence-corrected chi connectivity index (χ4v) is 2.07. The Hall–Kier alpha value is -1.71. The second-order valence-electron chi connectivity index (χ2n) is 5.73. The number of hydrazine groups is 1. The molecule has 100 valence electrons. The second-order valence-corrected chi connectivity index (χ2v) is 5.73. The van der Waals surface area contributed by atoms with Crippen LogP contribution in [-0.2, 0) is 5.41 Å². The molecule has 0 aliphatic rings. The predicted molar refractivity (Wildman–Crippen MR) is 78.5 cm³/mol. The molecule has 19 heavy (non-hydrogen) atoms. The van der Waals surface area contributed by atoms with Crippen LogP contribution in [0.1, 0.15) is 43.6 Å². The Labute approximate surface area is 114 Å². The summed E-state index contributed by atoms with van der Waals surface area (Å²) >= 11 is 0. The van der Waals surface area contributed by atoms with Crippen molar-refractivity contribution in [2.24, 2.45) is 5.84 Å². The lowest BCUT2D eigenvalue weighted by Gasteiger charge is -2.21. The molecule has 1 heterocycles. The van der Waals surface area contributed by atoms with E-state index < -0.39 is 0 Å². The Bertz CT molecular complexity index is 512. The molecule has 0 aliphatic heterocycles. The van der Waals surface area contributed by atoms with Crippen LogP contribution in [0.2, 0.25) is 0 Å². The summed E-state index contributed by atoms with van der Waals surface area (Å²) in [5, 5.41) is 0. The van der Waals surface area contributed by atoms with Crippen LogP contribution in [0.4, 0.5) is 0 Å². The lowest BCUT2D eigenvalue weighted by molar-refractivity contribution is 0.587. The number of pyridine rings is 1. The van der Waals surface area contributed by atoms with Gasteiger partial charge in [0.1, 0.15) is 0 Å². The van der Waals surface area contributed by atoms with E-state index in [9.17, 15) is 0 Å². The molecule has 2 aromatic rings. The highest BCUT2D eigenvalue weighted by molar-refractivity contribution is 5.32. The molecule has 1 aromatic carbocycles. The summed E-state index contributed by atoms with van der Waals surface area (Å²) in [6, 6.07) is 14.3. The highest BCUT2D eigenvalue weighted by atomic mass is 15.2. The fraction of sp³-hybridized carbons (Fsp3) is 0.312. The van der Waals surface area contributed by atoms with E-state index in [0.717, 1.165) is 11.3 Å². The maximum Gasteiger partial charge on any atom is 0.0881 e. The predicted octanol–water partition coefficient (Wildman–Crippen LogP) is 2.93. The first-order chi connectivity index (χ1) is 9.02. The first kappa shape index (κ1) is 13.7. The Morgan fingerprint density at radius 1 is 1.05 bits per heavy atom. The van der Waals surface area contributed by atoms with Gasteiger partial charge in [0.25, 0.3) is 0 Å². The van der Waals surface area contributed by atoms with Crippen molar-refractivity contribution >= 4 is 0 Å². The highest BCUT2D eigenvalue weighted by Crippen LogP contribution is 2.25. The van der Waals surface area contributed by atoms with E-state index in [2.05, 4.69) is 55.4 Å². The molecule has 3 N–H and O–H groups in total. The SMILES string of the molecule is CC(C)(C)c1ccc(C(NN)c2ccccn2)cc1. The third-order valence-electron chi connectivity index (χ3n) is 3.26. The zero-order valence-electron chi connectivity index (χ0n) is 11.7. The normalized spacial score (nSPS) is 13.3. The van der Waals surface area contributed by atoms with Gasteiger partial charge in [-0.3, -0.25) is 10.8 Å². The number of aromatic nitrogens is 1. The largest absolute Gasteiger partial charge is 0.271 e. The van der Waals surface area contributed by atoms with E-state index >= 15 is 0 Å². The van der Waals surface area contributed by atoms with E-state index in [0.29, 0.717) is 0 Å². The van der Waals surface area contributed by atoms with Gasteiger partial charge >= 0.3 is 0 Å². The average Bonchev–Trinajstić information content (AvgIpc) is 2.40. The lowest BCUT2D eigenvalue weighted by atomic mass is 9.86. The molecule has 0 spiro atoms. The number of nitrogens with zero attached hydrogens (tertiary/aromatic N) is 1. The van der Waals surface area contributed by atoms with Crippen LogP contribution in [0.15, 0.2) is 48.7 Å². The minimum Gasteiger partial charge on any atom is -0.271 e. The smallest absolute Gasteiger partial charge is 0.0881 e. The molecular weight excluding hydrogens is 234 g/mol. The van der Waals surface area contributed by atoms with Crippen LogP contribution >= 0.6 is 0 Å². The van der Waals surface area contributed by atoms with Crippen molar-refractivity contribution in [1.82, 2.24) is 10.4 Å². The molecule has 0 fully saturated rings. The minimum atomic E-state index is -0.0739. The Balaban J connectivity index is 2.30. The minimum absolute atomic E-state index is 0.0739. The molecule has 3 heteroatoms. The number of hydrogen-bond donors (Lipinski definition) is 2. The van der Waals surface area contributed by atoms with Gasteiger partial charge in [0.2, 0.25) is 0 Å². The third kappa shape index (κ3) is 3.19. The fourth-order valence-electron chi connectivity index (χ4n) is 2.07. The quantitative estimate of drug-likeness (QED) is 0.655. The van der Waals surface area contributed by atoms with Crippen LogP contribution in [0.5, 0.6) is 0 Å². The van der Waals surface area contributed by atoms with Gasteiger partial charge in [-0.05, 0) is 28.7 Å². The van der Waals surface area contributed by atoms with Crippen molar-refractivity contribution in [3.05, 3.63) is 65.5 Å². The van der Waals surface area contributed by atoms with Crippen LogP contribution < -0.4 is 11.3 Å². The van der Waals surface area contributed by atoms with Gasteiger partial charge in [-0.2, -0.15) is 0 Å². The lowest BCUT2D eigenvalue weighted by Crippen LogP contribution is -2.29. The third-order valence-corrected chi connectivity index (χ3v) is 3.26. The van der Waals surface area contributed by atoms with Gasteiger partial charge in [0.15, 0.2) is 0 Å².